The van der Waals surface area contributed by atoms with Gasteiger partial charge in [-0.1, -0.05) is 18.2 Å². The Kier molecular flexibility index (Phi) is 8.12. The molecule has 0 radical (unpaired) electrons. The average molecular weight is 562 g/mol. The number of aryl methyl sites for hydroxylation is 1. The van der Waals surface area contributed by atoms with E-state index in [0.717, 1.165) is 5.56 Å². The summed E-state index contributed by atoms with van der Waals surface area (Å²) in [6.45, 7) is 3.55. The van der Waals surface area contributed by atoms with Crippen molar-refractivity contribution in [2.24, 2.45) is 0 Å². The Morgan fingerprint density at radius 3 is 2.14 bits per heavy atom. The highest BCUT2D eigenvalue weighted by Gasteiger charge is 2.24. The Morgan fingerprint density at radius 2 is 1.49 bits per heavy atom. The van der Waals surface area contributed by atoms with Crippen LogP contribution in [0.4, 0.5) is 11.4 Å². The first-order valence-electron chi connectivity index (χ1n) is 11.4. The van der Waals surface area contributed by atoms with Crippen LogP contribution in [0.15, 0.2) is 81.4 Å². The number of carbonyl (C=O) groups is 1. The summed E-state index contributed by atoms with van der Waals surface area (Å²) < 4.78 is 62.1. The zero-order valence-corrected chi connectivity index (χ0v) is 22.8. The highest BCUT2D eigenvalue weighted by atomic mass is 32.2. The van der Waals surface area contributed by atoms with Crippen LogP contribution in [-0.2, 0) is 24.8 Å². The molecule has 9 nitrogen and oxygen atoms in total. The number of hydrogen-bond acceptors (Lipinski definition) is 7. The highest BCUT2D eigenvalue weighted by molar-refractivity contribution is 7.98. The lowest BCUT2D eigenvalue weighted by Crippen LogP contribution is -2.40. The van der Waals surface area contributed by atoms with Crippen molar-refractivity contribution in [3.05, 3.63) is 77.9 Å². The maximum atomic E-state index is 13.1. The lowest BCUT2D eigenvalue weighted by molar-refractivity contribution is 0.0300. The predicted molar refractivity (Wildman–Crippen MR) is 144 cm³/mol. The van der Waals surface area contributed by atoms with Crippen LogP contribution >= 0.6 is 11.8 Å². The van der Waals surface area contributed by atoms with Crippen LogP contribution in [-0.4, -0.2) is 60.2 Å². The normalized spacial score (nSPS) is 14.3. The number of sulfonamides is 2. The third kappa shape index (κ3) is 6.27. The first-order chi connectivity index (χ1) is 17.6. The van der Waals surface area contributed by atoms with Gasteiger partial charge in [0.25, 0.3) is 26.0 Å². The number of ether oxygens (including phenoxy) is 1. The van der Waals surface area contributed by atoms with Crippen molar-refractivity contribution >= 4 is 49.1 Å². The van der Waals surface area contributed by atoms with Gasteiger partial charge in [-0.15, -0.1) is 11.8 Å². The topological polar surface area (TPSA) is 122 Å². The Morgan fingerprint density at radius 1 is 0.865 bits per heavy atom. The van der Waals surface area contributed by atoms with Crippen LogP contribution in [0, 0.1) is 6.92 Å². The van der Waals surface area contributed by atoms with E-state index in [4.69, 9.17) is 4.74 Å². The summed E-state index contributed by atoms with van der Waals surface area (Å²) in [6, 6.07) is 16.8. The van der Waals surface area contributed by atoms with Gasteiger partial charge < -0.3 is 9.64 Å². The fourth-order valence-electron chi connectivity index (χ4n) is 3.77. The molecule has 3 aromatic rings. The largest absolute Gasteiger partial charge is 0.378 e. The van der Waals surface area contributed by atoms with Gasteiger partial charge in [-0.25, -0.2) is 16.8 Å². The number of anilines is 2. The third-order valence-electron chi connectivity index (χ3n) is 5.82. The summed E-state index contributed by atoms with van der Waals surface area (Å²) in [7, 11) is -7.91. The minimum absolute atomic E-state index is 0.0126. The van der Waals surface area contributed by atoms with E-state index in [-0.39, 0.29) is 21.4 Å². The fraction of sp³-hybridized carbons (Fsp3) is 0.240. The van der Waals surface area contributed by atoms with E-state index in [1.807, 2.05) is 12.3 Å². The summed E-state index contributed by atoms with van der Waals surface area (Å²) in [5.74, 6) is -0.250. The summed E-state index contributed by atoms with van der Waals surface area (Å²) in [5, 5.41) is 0. The first kappa shape index (κ1) is 27.0. The zero-order valence-electron chi connectivity index (χ0n) is 20.3. The van der Waals surface area contributed by atoms with Crippen molar-refractivity contribution in [2.45, 2.75) is 21.6 Å². The number of nitrogens with one attached hydrogen (secondary N) is 2. The number of morpholine rings is 1. The van der Waals surface area contributed by atoms with Gasteiger partial charge in [-0.05, 0) is 67.3 Å². The fourth-order valence-corrected chi connectivity index (χ4v) is 6.55. The Labute approximate surface area is 221 Å². The molecule has 0 aliphatic carbocycles. The molecule has 3 aromatic carbocycles. The van der Waals surface area contributed by atoms with E-state index in [1.54, 1.807) is 36.1 Å². The molecule has 0 atom stereocenters. The van der Waals surface area contributed by atoms with Crippen LogP contribution in [0.1, 0.15) is 15.9 Å². The maximum absolute atomic E-state index is 13.1. The van der Waals surface area contributed by atoms with Crippen LogP contribution in [0.3, 0.4) is 0 Å². The van der Waals surface area contributed by atoms with E-state index in [2.05, 4.69) is 9.44 Å². The van der Waals surface area contributed by atoms with E-state index < -0.39 is 20.0 Å². The number of nitrogens with zero attached hydrogens (tertiary/aromatic N) is 1. The molecule has 37 heavy (non-hydrogen) atoms. The second kappa shape index (κ2) is 11.1. The van der Waals surface area contributed by atoms with Crippen LogP contribution in [0.2, 0.25) is 0 Å². The molecule has 0 spiro atoms. The van der Waals surface area contributed by atoms with Crippen molar-refractivity contribution in [1.29, 1.82) is 0 Å². The van der Waals surface area contributed by atoms with Gasteiger partial charge in [-0.3, -0.25) is 14.2 Å². The minimum atomic E-state index is -4.05. The van der Waals surface area contributed by atoms with E-state index >= 15 is 0 Å². The van der Waals surface area contributed by atoms with Gasteiger partial charge in [0, 0.05) is 23.7 Å². The molecular formula is C25H27N3O6S3. The molecule has 0 bridgehead atoms. The molecule has 1 heterocycles. The van der Waals surface area contributed by atoms with Crippen molar-refractivity contribution in [2.75, 3.05) is 42.0 Å². The molecule has 1 amide bonds. The van der Waals surface area contributed by atoms with Crippen molar-refractivity contribution in [3.8, 4) is 0 Å². The minimum Gasteiger partial charge on any atom is -0.378 e. The van der Waals surface area contributed by atoms with E-state index in [0.29, 0.717) is 42.4 Å². The molecule has 12 heteroatoms. The van der Waals surface area contributed by atoms with Gasteiger partial charge in [-0.2, -0.15) is 0 Å². The van der Waals surface area contributed by atoms with Gasteiger partial charge >= 0.3 is 0 Å². The number of thioether (sulfide) groups is 1. The molecule has 0 unspecified atom stereocenters. The van der Waals surface area contributed by atoms with Crippen molar-refractivity contribution in [1.82, 2.24) is 4.90 Å². The van der Waals surface area contributed by atoms with Crippen molar-refractivity contribution in [3.63, 3.8) is 0 Å². The number of para-hydroxylation sites is 1. The number of carbonyl (C=O) groups excluding carboxylic acids is 1. The quantitative estimate of drug-likeness (QED) is 0.401. The van der Waals surface area contributed by atoms with Crippen LogP contribution in [0.5, 0.6) is 0 Å². The van der Waals surface area contributed by atoms with Gasteiger partial charge in [0.2, 0.25) is 0 Å². The van der Waals surface area contributed by atoms with Crippen LogP contribution in [0.25, 0.3) is 0 Å². The SMILES string of the molecule is CSc1ccc(S(=O)(=O)Nc2ccc(S(=O)(=O)Nc3ccccc3C)cc2)cc1C(=O)N1CCOCC1. The molecular weight excluding hydrogens is 534 g/mol. The summed E-state index contributed by atoms with van der Waals surface area (Å²) >= 11 is 1.36. The maximum Gasteiger partial charge on any atom is 0.261 e. The standard InChI is InChI=1S/C25H27N3O6S3/c1-18-5-3-4-6-23(18)27-36(30,31)20-9-7-19(8-10-20)26-37(32,33)21-11-12-24(35-2)22(17-21)25(29)28-13-15-34-16-14-28/h3-12,17,26-27H,13-16H2,1-2H3. The van der Waals surface area contributed by atoms with Crippen LogP contribution < -0.4 is 9.44 Å². The molecule has 1 saturated heterocycles. The number of benzene rings is 3. The summed E-state index contributed by atoms with van der Waals surface area (Å²) in [6.07, 6.45) is 1.82. The lowest BCUT2D eigenvalue weighted by Gasteiger charge is -2.27. The van der Waals surface area contributed by atoms with Gasteiger partial charge in [0.1, 0.15) is 0 Å². The molecule has 2 N–H and O–H groups in total. The lowest BCUT2D eigenvalue weighted by atomic mass is 10.2. The molecule has 4 rings (SSSR count). The number of amides is 1. The Balaban J connectivity index is 1.54. The smallest absolute Gasteiger partial charge is 0.261 e. The highest BCUT2D eigenvalue weighted by Crippen LogP contribution is 2.27. The summed E-state index contributed by atoms with van der Waals surface area (Å²) in [5.41, 5.74) is 1.73. The average Bonchev–Trinajstić information content (AvgIpc) is 2.89. The Hall–Kier alpha value is -3.06. The summed E-state index contributed by atoms with van der Waals surface area (Å²) in [4.78, 5) is 15.3. The third-order valence-corrected chi connectivity index (χ3v) is 9.37. The second-order valence-corrected chi connectivity index (χ2v) is 12.5. The molecule has 0 aromatic heterocycles. The molecule has 0 saturated carbocycles. The zero-order chi connectivity index (χ0) is 26.6. The van der Waals surface area contributed by atoms with Gasteiger partial charge in [0.15, 0.2) is 0 Å². The van der Waals surface area contributed by atoms with E-state index in [9.17, 15) is 21.6 Å². The molecule has 1 aliphatic heterocycles. The molecule has 1 aliphatic rings. The first-order valence-corrected chi connectivity index (χ1v) is 15.6. The molecule has 1 fully saturated rings. The number of hydrogen-bond donors (Lipinski definition) is 2. The monoisotopic (exact) mass is 561 g/mol. The van der Waals surface area contributed by atoms with E-state index in [1.165, 1.54) is 48.2 Å². The Bertz CT molecular complexity index is 1500. The molecule has 196 valence electrons. The number of rotatable bonds is 8. The predicted octanol–water partition coefficient (Wildman–Crippen LogP) is 3.79. The van der Waals surface area contributed by atoms with Crippen molar-refractivity contribution < 1.29 is 26.4 Å². The van der Waals surface area contributed by atoms with Gasteiger partial charge in [0.05, 0.1) is 34.3 Å². The second-order valence-electron chi connectivity index (χ2n) is 8.32.